The number of hydrogen-bond acceptors (Lipinski definition) is 3. The molecule has 0 spiro atoms. The predicted octanol–water partition coefficient (Wildman–Crippen LogP) is 2.83. The average molecular weight is 248 g/mol. The molecule has 1 aliphatic rings. The van der Waals surface area contributed by atoms with Crippen LogP contribution in [0.5, 0.6) is 5.75 Å². The topological polar surface area (TPSA) is 35.5 Å². The van der Waals surface area contributed by atoms with Crippen molar-refractivity contribution in [2.24, 2.45) is 0 Å². The van der Waals surface area contributed by atoms with Crippen molar-refractivity contribution in [3.05, 3.63) is 28.3 Å². The summed E-state index contributed by atoms with van der Waals surface area (Å²) >= 11 is 0. The largest absolute Gasteiger partial charge is 0.496 e. The molecule has 1 aromatic carbocycles. The van der Waals surface area contributed by atoms with Crippen LogP contribution in [0, 0.1) is 20.8 Å². The number of ether oxygens (including phenoxy) is 2. The molecule has 0 bridgehead atoms. The lowest BCUT2D eigenvalue weighted by molar-refractivity contribution is -0.143. The first-order chi connectivity index (χ1) is 8.47. The van der Waals surface area contributed by atoms with E-state index in [1.165, 1.54) is 7.11 Å². The van der Waals surface area contributed by atoms with Gasteiger partial charge in [-0.05, 0) is 55.9 Å². The summed E-state index contributed by atoms with van der Waals surface area (Å²) in [5.74, 6) is 0.798. The zero-order valence-corrected chi connectivity index (χ0v) is 11.7. The number of hydrogen-bond donors (Lipinski definition) is 0. The second-order valence-corrected chi connectivity index (χ2v) is 5.10. The highest BCUT2D eigenvalue weighted by Gasteiger charge is 2.53. The van der Waals surface area contributed by atoms with Crippen molar-refractivity contribution in [1.29, 1.82) is 0 Å². The van der Waals surface area contributed by atoms with Gasteiger partial charge in [0.2, 0.25) is 0 Å². The fourth-order valence-electron chi connectivity index (χ4n) is 2.77. The minimum absolute atomic E-state index is 0.116. The molecule has 3 nitrogen and oxygen atoms in total. The van der Waals surface area contributed by atoms with Gasteiger partial charge in [0.25, 0.3) is 0 Å². The van der Waals surface area contributed by atoms with Crippen LogP contribution >= 0.6 is 0 Å². The monoisotopic (exact) mass is 248 g/mol. The van der Waals surface area contributed by atoms with Gasteiger partial charge in [-0.3, -0.25) is 4.79 Å². The SMILES string of the molecule is COC(=O)C1(c2cc(C)c(OC)c(C)c2C)CC1. The molecule has 2 rings (SSSR count). The first kappa shape index (κ1) is 12.9. The maximum absolute atomic E-state index is 12.0. The molecule has 0 N–H and O–H groups in total. The van der Waals surface area contributed by atoms with E-state index < -0.39 is 5.41 Å². The first-order valence-corrected chi connectivity index (χ1v) is 6.21. The van der Waals surface area contributed by atoms with Gasteiger partial charge >= 0.3 is 5.97 Å². The molecule has 0 atom stereocenters. The van der Waals surface area contributed by atoms with E-state index in [2.05, 4.69) is 13.0 Å². The highest BCUT2D eigenvalue weighted by Crippen LogP contribution is 2.51. The van der Waals surface area contributed by atoms with E-state index in [0.717, 1.165) is 40.8 Å². The quantitative estimate of drug-likeness (QED) is 0.772. The molecule has 98 valence electrons. The Morgan fingerprint density at radius 1 is 1.17 bits per heavy atom. The van der Waals surface area contributed by atoms with E-state index in [9.17, 15) is 4.79 Å². The Morgan fingerprint density at radius 3 is 2.22 bits per heavy atom. The number of aryl methyl sites for hydroxylation is 1. The maximum Gasteiger partial charge on any atom is 0.316 e. The van der Waals surface area contributed by atoms with Crippen LogP contribution in [-0.4, -0.2) is 20.2 Å². The number of carbonyl (C=O) groups is 1. The van der Waals surface area contributed by atoms with E-state index in [-0.39, 0.29) is 5.97 Å². The molecule has 18 heavy (non-hydrogen) atoms. The molecule has 0 amide bonds. The molecule has 0 aromatic heterocycles. The minimum atomic E-state index is -0.402. The second kappa shape index (κ2) is 4.30. The molecular weight excluding hydrogens is 228 g/mol. The van der Waals surface area contributed by atoms with Crippen LogP contribution in [0.1, 0.15) is 35.1 Å². The maximum atomic E-state index is 12.0. The molecule has 1 fully saturated rings. The van der Waals surface area contributed by atoms with Crippen LogP contribution < -0.4 is 4.74 Å². The summed E-state index contributed by atoms with van der Waals surface area (Å²) in [6.07, 6.45) is 1.76. The Hall–Kier alpha value is -1.51. The Kier molecular flexibility index (Phi) is 3.09. The van der Waals surface area contributed by atoms with Crippen LogP contribution in [0.15, 0.2) is 6.07 Å². The molecule has 1 saturated carbocycles. The molecule has 0 radical (unpaired) electrons. The minimum Gasteiger partial charge on any atom is -0.496 e. The molecule has 1 aromatic rings. The van der Waals surface area contributed by atoms with Gasteiger partial charge < -0.3 is 9.47 Å². The Bertz CT molecular complexity index is 499. The Morgan fingerprint density at radius 2 is 1.78 bits per heavy atom. The zero-order valence-electron chi connectivity index (χ0n) is 11.7. The van der Waals surface area contributed by atoms with Gasteiger partial charge in [0.05, 0.1) is 19.6 Å². The molecule has 0 saturated heterocycles. The van der Waals surface area contributed by atoms with E-state index in [0.29, 0.717) is 0 Å². The summed E-state index contributed by atoms with van der Waals surface area (Å²) in [7, 11) is 3.14. The van der Waals surface area contributed by atoms with Gasteiger partial charge in [0, 0.05) is 0 Å². The number of esters is 1. The molecule has 3 heteroatoms. The van der Waals surface area contributed by atoms with Crippen molar-refractivity contribution in [3.63, 3.8) is 0 Å². The van der Waals surface area contributed by atoms with E-state index in [1.807, 2.05) is 13.8 Å². The van der Waals surface area contributed by atoms with Crippen molar-refractivity contribution in [2.75, 3.05) is 14.2 Å². The highest BCUT2D eigenvalue weighted by atomic mass is 16.5. The van der Waals surface area contributed by atoms with E-state index in [4.69, 9.17) is 9.47 Å². The van der Waals surface area contributed by atoms with Crippen molar-refractivity contribution < 1.29 is 14.3 Å². The van der Waals surface area contributed by atoms with E-state index >= 15 is 0 Å². The molecule has 0 heterocycles. The van der Waals surface area contributed by atoms with Crippen LogP contribution in [-0.2, 0) is 14.9 Å². The Labute approximate surface area is 108 Å². The first-order valence-electron chi connectivity index (χ1n) is 6.21. The van der Waals surface area contributed by atoms with Gasteiger partial charge in [-0.2, -0.15) is 0 Å². The van der Waals surface area contributed by atoms with Crippen molar-refractivity contribution in [2.45, 2.75) is 39.0 Å². The van der Waals surface area contributed by atoms with E-state index in [1.54, 1.807) is 7.11 Å². The summed E-state index contributed by atoms with van der Waals surface area (Å²) in [4.78, 5) is 12.0. The van der Waals surface area contributed by atoms with Gasteiger partial charge in [-0.25, -0.2) is 0 Å². The van der Waals surface area contributed by atoms with Gasteiger partial charge in [-0.15, -0.1) is 0 Å². The lowest BCUT2D eigenvalue weighted by Gasteiger charge is -2.20. The summed E-state index contributed by atoms with van der Waals surface area (Å²) in [5, 5.41) is 0. The summed E-state index contributed by atoms with van der Waals surface area (Å²) in [6.45, 7) is 6.11. The Balaban J connectivity index is 2.57. The van der Waals surface area contributed by atoms with Crippen LogP contribution in [0.3, 0.4) is 0 Å². The lowest BCUT2D eigenvalue weighted by Crippen LogP contribution is -2.23. The predicted molar refractivity (Wildman–Crippen MR) is 70.1 cm³/mol. The summed E-state index contributed by atoms with van der Waals surface area (Å²) in [6, 6.07) is 2.07. The lowest BCUT2D eigenvalue weighted by atomic mass is 9.87. The third kappa shape index (κ3) is 1.69. The van der Waals surface area contributed by atoms with Crippen LogP contribution in [0.4, 0.5) is 0 Å². The van der Waals surface area contributed by atoms with Crippen molar-refractivity contribution in [3.8, 4) is 5.75 Å². The fraction of sp³-hybridized carbons (Fsp3) is 0.533. The summed E-state index contributed by atoms with van der Waals surface area (Å²) in [5.41, 5.74) is 4.03. The fourth-order valence-corrected chi connectivity index (χ4v) is 2.77. The number of carbonyl (C=O) groups excluding carboxylic acids is 1. The standard InChI is InChI=1S/C15H20O3/c1-9-8-12(10(2)11(3)13(9)17-4)15(6-7-15)14(16)18-5/h8H,6-7H2,1-5H3. The average Bonchev–Trinajstić information content (AvgIpc) is 3.15. The molecule has 1 aliphatic carbocycles. The van der Waals surface area contributed by atoms with Gasteiger partial charge in [-0.1, -0.05) is 6.07 Å². The van der Waals surface area contributed by atoms with Gasteiger partial charge in [0.1, 0.15) is 5.75 Å². The third-order valence-corrected chi connectivity index (χ3v) is 4.07. The van der Waals surface area contributed by atoms with Crippen molar-refractivity contribution in [1.82, 2.24) is 0 Å². The smallest absolute Gasteiger partial charge is 0.316 e. The zero-order chi connectivity index (χ0) is 13.5. The third-order valence-electron chi connectivity index (χ3n) is 4.07. The second-order valence-electron chi connectivity index (χ2n) is 5.10. The van der Waals surface area contributed by atoms with Gasteiger partial charge in [0.15, 0.2) is 0 Å². The molecule has 0 unspecified atom stereocenters. The number of rotatable bonds is 3. The molecular formula is C15H20O3. The normalized spacial score (nSPS) is 16.3. The summed E-state index contributed by atoms with van der Waals surface area (Å²) < 4.78 is 10.4. The van der Waals surface area contributed by atoms with Crippen LogP contribution in [0.2, 0.25) is 0 Å². The number of methoxy groups -OCH3 is 2. The van der Waals surface area contributed by atoms with Crippen LogP contribution in [0.25, 0.3) is 0 Å². The van der Waals surface area contributed by atoms with Crippen molar-refractivity contribution >= 4 is 5.97 Å². The highest BCUT2D eigenvalue weighted by molar-refractivity contribution is 5.87. The number of benzene rings is 1. The molecule has 0 aliphatic heterocycles.